The Morgan fingerprint density at radius 2 is 2.00 bits per heavy atom. The number of benzene rings is 1. The standard InChI is InChI=1S/C9H8Br2/c1-2-8(10)7-5-3-4-6-9(7)11/h2-6H,1H3. The summed E-state index contributed by atoms with van der Waals surface area (Å²) in [5.41, 5.74) is 1.19. The quantitative estimate of drug-likeness (QED) is 0.720. The topological polar surface area (TPSA) is 0 Å². The molecule has 0 aliphatic carbocycles. The van der Waals surface area contributed by atoms with Crippen molar-refractivity contribution >= 4 is 36.3 Å². The SMILES string of the molecule is CC=C(Br)c1ccccc1Br. The van der Waals surface area contributed by atoms with Crippen molar-refractivity contribution < 1.29 is 0 Å². The highest BCUT2D eigenvalue weighted by Crippen LogP contribution is 2.27. The highest BCUT2D eigenvalue weighted by atomic mass is 79.9. The first-order valence-electron chi connectivity index (χ1n) is 3.32. The zero-order valence-electron chi connectivity index (χ0n) is 6.14. The number of allylic oxidation sites excluding steroid dienone is 1. The minimum Gasteiger partial charge on any atom is -0.0727 e. The van der Waals surface area contributed by atoms with Crippen molar-refractivity contribution in [2.75, 3.05) is 0 Å². The first-order chi connectivity index (χ1) is 5.25. The average Bonchev–Trinajstić information content (AvgIpc) is 2.04. The predicted molar refractivity (Wildman–Crippen MR) is 56.7 cm³/mol. The Kier molecular flexibility index (Phi) is 3.34. The minimum atomic E-state index is 1.12. The van der Waals surface area contributed by atoms with E-state index in [-0.39, 0.29) is 0 Å². The lowest BCUT2D eigenvalue weighted by Gasteiger charge is -2.00. The normalized spacial score (nSPS) is 11.7. The molecule has 0 spiro atoms. The van der Waals surface area contributed by atoms with Crippen molar-refractivity contribution in [2.24, 2.45) is 0 Å². The number of rotatable bonds is 1. The van der Waals surface area contributed by atoms with E-state index in [1.165, 1.54) is 5.56 Å². The van der Waals surface area contributed by atoms with E-state index in [0.29, 0.717) is 0 Å². The zero-order valence-corrected chi connectivity index (χ0v) is 9.31. The van der Waals surface area contributed by atoms with Gasteiger partial charge in [-0.3, -0.25) is 0 Å². The van der Waals surface area contributed by atoms with Crippen LogP contribution < -0.4 is 0 Å². The molecule has 58 valence electrons. The Morgan fingerprint density at radius 1 is 1.36 bits per heavy atom. The first-order valence-corrected chi connectivity index (χ1v) is 4.91. The van der Waals surface area contributed by atoms with Crippen molar-refractivity contribution in [3.05, 3.63) is 40.4 Å². The summed E-state index contributed by atoms with van der Waals surface area (Å²) in [6.07, 6.45) is 2.03. The van der Waals surface area contributed by atoms with Crippen molar-refractivity contribution in [1.29, 1.82) is 0 Å². The average molecular weight is 276 g/mol. The second-order valence-corrected chi connectivity index (χ2v) is 3.83. The van der Waals surface area contributed by atoms with E-state index >= 15 is 0 Å². The molecule has 1 aromatic carbocycles. The van der Waals surface area contributed by atoms with Crippen LogP contribution in [-0.2, 0) is 0 Å². The molecule has 0 N–H and O–H groups in total. The zero-order chi connectivity index (χ0) is 8.27. The van der Waals surface area contributed by atoms with Crippen LogP contribution in [0.5, 0.6) is 0 Å². The number of hydrogen-bond acceptors (Lipinski definition) is 0. The lowest BCUT2D eigenvalue weighted by atomic mass is 10.2. The van der Waals surface area contributed by atoms with Gasteiger partial charge < -0.3 is 0 Å². The monoisotopic (exact) mass is 274 g/mol. The van der Waals surface area contributed by atoms with Crippen molar-refractivity contribution in [3.8, 4) is 0 Å². The van der Waals surface area contributed by atoms with Crippen LogP contribution in [0.4, 0.5) is 0 Å². The fourth-order valence-corrected chi connectivity index (χ4v) is 1.92. The smallest absolute Gasteiger partial charge is 0.0258 e. The van der Waals surface area contributed by atoms with Crippen LogP contribution >= 0.6 is 31.9 Å². The molecule has 0 nitrogen and oxygen atoms in total. The second-order valence-electron chi connectivity index (χ2n) is 2.12. The van der Waals surface area contributed by atoms with Crippen LogP contribution in [0.2, 0.25) is 0 Å². The van der Waals surface area contributed by atoms with E-state index in [9.17, 15) is 0 Å². The third-order valence-electron chi connectivity index (χ3n) is 1.38. The molecular formula is C9H8Br2. The summed E-state index contributed by atoms with van der Waals surface area (Å²) in [6.45, 7) is 2.00. The fraction of sp³-hybridized carbons (Fsp3) is 0.111. The Labute approximate surface area is 83.6 Å². The number of hydrogen-bond donors (Lipinski definition) is 0. The molecule has 0 atom stereocenters. The van der Waals surface area contributed by atoms with Gasteiger partial charge in [-0.15, -0.1) is 0 Å². The Morgan fingerprint density at radius 3 is 2.55 bits per heavy atom. The fourth-order valence-electron chi connectivity index (χ4n) is 0.810. The summed E-state index contributed by atoms with van der Waals surface area (Å²) in [6, 6.07) is 8.11. The molecule has 0 aromatic heterocycles. The molecule has 0 radical (unpaired) electrons. The van der Waals surface area contributed by atoms with Gasteiger partial charge >= 0.3 is 0 Å². The molecule has 0 unspecified atom stereocenters. The molecule has 2 heteroatoms. The molecule has 1 rings (SSSR count). The van der Waals surface area contributed by atoms with Crippen molar-refractivity contribution in [3.63, 3.8) is 0 Å². The molecule has 0 saturated heterocycles. The van der Waals surface area contributed by atoms with E-state index in [1.807, 2.05) is 31.2 Å². The first kappa shape index (κ1) is 9.01. The third kappa shape index (κ3) is 2.17. The molecule has 0 fully saturated rings. The maximum absolute atomic E-state index is 3.47. The molecule has 0 heterocycles. The van der Waals surface area contributed by atoms with E-state index in [0.717, 1.165) is 8.96 Å². The summed E-state index contributed by atoms with van der Waals surface area (Å²) < 4.78 is 2.23. The van der Waals surface area contributed by atoms with Gasteiger partial charge in [-0.05, 0) is 13.0 Å². The maximum Gasteiger partial charge on any atom is 0.0258 e. The largest absolute Gasteiger partial charge is 0.0727 e. The molecule has 0 bridgehead atoms. The van der Waals surface area contributed by atoms with Gasteiger partial charge in [0, 0.05) is 14.5 Å². The second kappa shape index (κ2) is 4.07. The summed E-state index contributed by atoms with van der Waals surface area (Å²) in [7, 11) is 0. The molecule has 11 heavy (non-hydrogen) atoms. The van der Waals surface area contributed by atoms with Crippen LogP contribution in [0.15, 0.2) is 34.8 Å². The minimum absolute atomic E-state index is 1.12. The van der Waals surface area contributed by atoms with Crippen LogP contribution in [-0.4, -0.2) is 0 Å². The molecule has 1 aromatic rings. The Hall–Kier alpha value is -0.0800. The molecule has 0 aliphatic rings. The van der Waals surface area contributed by atoms with Gasteiger partial charge in [0.25, 0.3) is 0 Å². The van der Waals surface area contributed by atoms with Crippen LogP contribution in [0.1, 0.15) is 12.5 Å². The summed E-state index contributed by atoms with van der Waals surface area (Å²) in [5, 5.41) is 0. The number of halogens is 2. The summed E-state index contributed by atoms with van der Waals surface area (Å²) in [4.78, 5) is 0. The van der Waals surface area contributed by atoms with E-state index in [2.05, 4.69) is 37.9 Å². The van der Waals surface area contributed by atoms with Crippen molar-refractivity contribution in [1.82, 2.24) is 0 Å². The summed E-state index contributed by atoms with van der Waals surface area (Å²) in [5.74, 6) is 0. The van der Waals surface area contributed by atoms with Crippen molar-refractivity contribution in [2.45, 2.75) is 6.92 Å². The van der Waals surface area contributed by atoms with E-state index in [4.69, 9.17) is 0 Å². The van der Waals surface area contributed by atoms with Crippen LogP contribution in [0.3, 0.4) is 0 Å². The van der Waals surface area contributed by atoms with Gasteiger partial charge in [-0.2, -0.15) is 0 Å². The third-order valence-corrected chi connectivity index (χ3v) is 2.96. The lowest BCUT2D eigenvalue weighted by molar-refractivity contribution is 1.58. The molecule has 0 saturated carbocycles. The van der Waals surface area contributed by atoms with E-state index in [1.54, 1.807) is 0 Å². The molecular weight excluding hydrogens is 268 g/mol. The van der Waals surface area contributed by atoms with E-state index < -0.39 is 0 Å². The predicted octanol–water partition coefficient (Wildman–Crippen LogP) is 4.20. The van der Waals surface area contributed by atoms with Gasteiger partial charge in [0.2, 0.25) is 0 Å². The van der Waals surface area contributed by atoms with Gasteiger partial charge in [-0.25, -0.2) is 0 Å². The Balaban J connectivity index is 3.14. The molecule has 0 amide bonds. The van der Waals surface area contributed by atoms with Gasteiger partial charge in [0.15, 0.2) is 0 Å². The van der Waals surface area contributed by atoms with Gasteiger partial charge in [0.05, 0.1) is 0 Å². The van der Waals surface area contributed by atoms with Crippen LogP contribution in [0.25, 0.3) is 4.48 Å². The summed E-state index contributed by atoms with van der Waals surface area (Å²) >= 11 is 6.93. The maximum atomic E-state index is 3.47. The van der Waals surface area contributed by atoms with Gasteiger partial charge in [0.1, 0.15) is 0 Å². The lowest BCUT2D eigenvalue weighted by Crippen LogP contribution is -1.76. The van der Waals surface area contributed by atoms with Crippen LogP contribution in [0, 0.1) is 0 Å². The Bertz CT molecular complexity index is 277. The van der Waals surface area contributed by atoms with Gasteiger partial charge in [-0.1, -0.05) is 56.1 Å². The molecule has 0 aliphatic heterocycles. The highest BCUT2D eigenvalue weighted by molar-refractivity contribution is 9.15. The highest BCUT2D eigenvalue weighted by Gasteiger charge is 1.99.